The van der Waals surface area contributed by atoms with Crippen LogP contribution in [0.25, 0.3) is 0 Å². The molecule has 0 amide bonds. The van der Waals surface area contributed by atoms with E-state index in [1.807, 2.05) is 24.3 Å². The summed E-state index contributed by atoms with van der Waals surface area (Å²) in [4.78, 5) is 24.3. The molecule has 1 unspecified atom stereocenters. The van der Waals surface area contributed by atoms with Gasteiger partial charge in [-0.25, -0.2) is 0 Å². The fourth-order valence-electron chi connectivity index (χ4n) is 2.41. The van der Waals surface area contributed by atoms with Gasteiger partial charge in [-0.2, -0.15) is 0 Å². The maximum absolute atomic E-state index is 12.2. The summed E-state index contributed by atoms with van der Waals surface area (Å²) in [6.45, 7) is 4.00. The molecule has 0 saturated heterocycles. The van der Waals surface area contributed by atoms with Crippen molar-refractivity contribution in [2.75, 3.05) is 13.2 Å². The van der Waals surface area contributed by atoms with E-state index >= 15 is 0 Å². The molecule has 1 atom stereocenters. The summed E-state index contributed by atoms with van der Waals surface area (Å²) in [6.07, 6.45) is 0.464. The molecule has 108 valence electrons. The van der Waals surface area contributed by atoms with Gasteiger partial charge in [0.05, 0.1) is 13.2 Å². The second-order valence-electron chi connectivity index (χ2n) is 4.72. The standard InChI is InChI=1S/C15H17IO4/c1-3-19-13(17)15(14(18)20-4-2)9-12(15)10-5-7-11(16)8-6-10/h5-8,12H,3-4,9H2,1-2H3. The maximum atomic E-state index is 12.2. The molecule has 1 aromatic rings. The second kappa shape index (κ2) is 6.11. The largest absolute Gasteiger partial charge is 0.465 e. The molecule has 0 N–H and O–H groups in total. The number of carbonyl (C=O) groups is 2. The van der Waals surface area contributed by atoms with E-state index in [1.54, 1.807) is 13.8 Å². The van der Waals surface area contributed by atoms with Crippen molar-refractivity contribution in [1.29, 1.82) is 0 Å². The molecule has 5 heteroatoms. The lowest BCUT2D eigenvalue weighted by atomic mass is 9.99. The van der Waals surface area contributed by atoms with Crippen molar-refractivity contribution in [3.8, 4) is 0 Å². The summed E-state index contributed by atoms with van der Waals surface area (Å²) >= 11 is 2.22. The minimum Gasteiger partial charge on any atom is -0.465 e. The monoisotopic (exact) mass is 388 g/mol. The van der Waals surface area contributed by atoms with Crippen LogP contribution < -0.4 is 0 Å². The normalized spacial score (nSPS) is 19.2. The van der Waals surface area contributed by atoms with E-state index in [4.69, 9.17) is 9.47 Å². The molecule has 1 saturated carbocycles. The summed E-state index contributed by atoms with van der Waals surface area (Å²) in [6, 6.07) is 7.84. The minimum atomic E-state index is -1.14. The topological polar surface area (TPSA) is 52.6 Å². The number of rotatable bonds is 5. The van der Waals surface area contributed by atoms with Gasteiger partial charge in [-0.1, -0.05) is 12.1 Å². The molecular formula is C15H17IO4. The van der Waals surface area contributed by atoms with E-state index in [2.05, 4.69) is 22.6 Å². The zero-order valence-electron chi connectivity index (χ0n) is 11.5. The fraction of sp³-hybridized carbons (Fsp3) is 0.467. The maximum Gasteiger partial charge on any atom is 0.324 e. The van der Waals surface area contributed by atoms with Crippen LogP contribution in [-0.4, -0.2) is 25.2 Å². The quantitative estimate of drug-likeness (QED) is 0.442. The molecular weight excluding hydrogens is 371 g/mol. The van der Waals surface area contributed by atoms with Gasteiger partial charge in [0.25, 0.3) is 0 Å². The highest BCUT2D eigenvalue weighted by molar-refractivity contribution is 14.1. The third-order valence-electron chi connectivity index (χ3n) is 3.51. The predicted octanol–water partition coefficient (Wildman–Crippen LogP) is 2.89. The molecule has 1 aromatic carbocycles. The molecule has 20 heavy (non-hydrogen) atoms. The fourth-order valence-corrected chi connectivity index (χ4v) is 2.77. The summed E-state index contributed by atoms with van der Waals surface area (Å²) in [5.74, 6) is -1.08. The minimum absolute atomic E-state index is 0.141. The molecule has 0 aliphatic heterocycles. The highest BCUT2D eigenvalue weighted by atomic mass is 127. The van der Waals surface area contributed by atoms with Crippen LogP contribution >= 0.6 is 22.6 Å². The lowest BCUT2D eigenvalue weighted by molar-refractivity contribution is -0.164. The SMILES string of the molecule is CCOC(=O)C1(C(=O)OCC)CC1c1ccc(I)cc1. The Kier molecular flexibility index (Phi) is 4.67. The number of hydrogen-bond acceptors (Lipinski definition) is 4. The first-order chi connectivity index (χ1) is 9.56. The highest BCUT2D eigenvalue weighted by Crippen LogP contribution is 2.60. The van der Waals surface area contributed by atoms with E-state index < -0.39 is 17.4 Å². The van der Waals surface area contributed by atoms with Crippen molar-refractivity contribution < 1.29 is 19.1 Å². The number of halogens is 1. The van der Waals surface area contributed by atoms with Crippen LogP contribution in [0.1, 0.15) is 31.7 Å². The molecule has 2 rings (SSSR count). The first kappa shape index (κ1) is 15.3. The first-order valence-corrected chi connectivity index (χ1v) is 7.74. The van der Waals surface area contributed by atoms with Crippen LogP contribution in [0.2, 0.25) is 0 Å². The van der Waals surface area contributed by atoms with Crippen LogP contribution in [0.5, 0.6) is 0 Å². The molecule has 1 aliphatic carbocycles. The zero-order chi connectivity index (χ0) is 14.8. The molecule has 0 spiro atoms. The van der Waals surface area contributed by atoms with Gasteiger partial charge in [0, 0.05) is 9.49 Å². The Labute approximate surface area is 132 Å². The third kappa shape index (κ3) is 2.68. The highest BCUT2D eigenvalue weighted by Gasteiger charge is 2.68. The Morgan fingerprint density at radius 3 is 2.10 bits per heavy atom. The summed E-state index contributed by atoms with van der Waals surface area (Å²) in [7, 11) is 0. The van der Waals surface area contributed by atoms with Gasteiger partial charge in [0.15, 0.2) is 5.41 Å². The molecule has 0 aromatic heterocycles. The van der Waals surface area contributed by atoms with Crippen molar-refractivity contribution in [2.24, 2.45) is 5.41 Å². The number of carbonyl (C=O) groups excluding carboxylic acids is 2. The van der Waals surface area contributed by atoms with Crippen LogP contribution in [0, 0.1) is 8.99 Å². The van der Waals surface area contributed by atoms with Crippen molar-refractivity contribution in [3.63, 3.8) is 0 Å². The van der Waals surface area contributed by atoms with Gasteiger partial charge in [-0.15, -0.1) is 0 Å². The van der Waals surface area contributed by atoms with Gasteiger partial charge < -0.3 is 9.47 Å². The first-order valence-electron chi connectivity index (χ1n) is 6.66. The van der Waals surface area contributed by atoms with E-state index in [9.17, 15) is 9.59 Å². The van der Waals surface area contributed by atoms with Gasteiger partial charge in [0.1, 0.15) is 0 Å². The number of benzene rings is 1. The lowest BCUT2D eigenvalue weighted by Crippen LogP contribution is -2.31. The Morgan fingerprint density at radius 2 is 1.65 bits per heavy atom. The molecule has 0 bridgehead atoms. The molecule has 1 fully saturated rings. The van der Waals surface area contributed by atoms with Crippen molar-refractivity contribution in [1.82, 2.24) is 0 Å². The number of ether oxygens (including phenoxy) is 2. The number of esters is 2. The average molecular weight is 388 g/mol. The average Bonchev–Trinajstić information content (AvgIpc) is 3.17. The van der Waals surface area contributed by atoms with E-state index in [0.29, 0.717) is 6.42 Å². The van der Waals surface area contributed by atoms with Gasteiger partial charge in [-0.05, 0) is 60.6 Å². The molecule has 4 nitrogen and oxygen atoms in total. The third-order valence-corrected chi connectivity index (χ3v) is 4.23. The van der Waals surface area contributed by atoms with Gasteiger partial charge in [0.2, 0.25) is 0 Å². The van der Waals surface area contributed by atoms with Crippen LogP contribution in [0.4, 0.5) is 0 Å². The Hall–Kier alpha value is -1.11. The van der Waals surface area contributed by atoms with Crippen molar-refractivity contribution in [3.05, 3.63) is 33.4 Å². The Morgan fingerprint density at radius 1 is 1.15 bits per heavy atom. The van der Waals surface area contributed by atoms with Crippen LogP contribution in [0.3, 0.4) is 0 Å². The molecule has 1 aliphatic rings. The van der Waals surface area contributed by atoms with E-state index in [0.717, 1.165) is 9.13 Å². The Balaban J connectivity index is 2.25. The molecule has 0 radical (unpaired) electrons. The van der Waals surface area contributed by atoms with E-state index in [1.165, 1.54) is 0 Å². The van der Waals surface area contributed by atoms with E-state index in [-0.39, 0.29) is 19.1 Å². The summed E-state index contributed by atoms with van der Waals surface area (Å²) < 4.78 is 11.3. The summed E-state index contributed by atoms with van der Waals surface area (Å²) in [5.41, 5.74) is -0.162. The lowest BCUT2D eigenvalue weighted by Gasteiger charge is -2.14. The van der Waals surface area contributed by atoms with Crippen molar-refractivity contribution >= 4 is 34.5 Å². The smallest absolute Gasteiger partial charge is 0.324 e. The number of hydrogen-bond donors (Lipinski definition) is 0. The predicted molar refractivity (Wildman–Crippen MR) is 82.2 cm³/mol. The van der Waals surface area contributed by atoms with Crippen LogP contribution in [-0.2, 0) is 19.1 Å². The van der Waals surface area contributed by atoms with Crippen molar-refractivity contribution in [2.45, 2.75) is 26.2 Å². The Bertz CT molecular complexity index is 491. The zero-order valence-corrected chi connectivity index (χ0v) is 13.7. The summed E-state index contributed by atoms with van der Waals surface area (Å²) in [5, 5.41) is 0. The van der Waals surface area contributed by atoms with Crippen LogP contribution in [0.15, 0.2) is 24.3 Å². The van der Waals surface area contributed by atoms with Gasteiger partial charge in [-0.3, -0.25) is 9.59 Å². The van der Waals surface area contributed by atoms with Gasteiger partial charge >= 0.3 is 11.9 Å². The molecule has 0 heterocycles. The second-order valence-corrected chi connectivity index (χ2v) is 5.97.